The predicted octanol–water partition coefficient (Wildman–Crippen LogP) is 3.29. The first-order chi connectivity index (χ1) is 4.34. The van der Waals surface area contributed by atoms with Crippen molar-refractivity contribution < 1.29 is 0 Å². The molecule has 0 amide bonds. The molecule has 1 aliphatic rings. The first kappa shape index (κ1) is 7.43. The number of halogens is 2. The summed E-state index contributed by atoms with van der Waals surface area (Å²) in [6.07, 6.45) is 4.70. The number of allylic oxidation sites excluding steroid dienone is 1. The van der Waals surface area contributed by atoms with E-state index in [-0.39, 0.29) is 5.38 Å². The standard InChI is InChI=1S/C7H10Cl2/c8-5-6-3-1-2-4-7(6)9/h5,7H,1-4H2. The monoisotopic (exact) mass is 164 g/mol. The Morgan fingerprint density at radius 3 is 2.67 bits per heavy atom. The number of alkyl halides is 1. The summed E-state index contributed by atoms with van der Waals surface area (Å²) in [5.74, 6) is 0. The Balaban J connectivity index is 2.49. The average molecular weight is 165 g/mol. The molecule has 0 aliphatic heterocycles. The van der Waals surface area contributed by atoms with Crippen LogP contribution in [0.3, 0.4) is 0 Å². The fraction of sp³-hybridized carbons (Fsp3) is 0.714. The average Bonchev–Trinajstić information content (AvgIpc) is 1.89. The molecule has 1 fully saturated rings. The molecule has 9 heavy (non-hydrogen) atoms. The summed E-state index contributed by atoms with van der Waals surface area (Å²) >= 11 is 11.5. The van der Waals surface area contributed by atoms with Gasteiger partial charge in [0.25, 0.3) is 0 Å². The van der Waals surface area contributed by atoms with E-state index in [1.165, 1.54) is 18.4 Å². The Hall–Kier alpha value is 0.320. The molecular formula is C7H10Cl2. The third-order valence-electron chi connectivity index (χ3n) is 1.72. The van der Waals surface area contributed by atoms with E-state index in [9.17, 15) is 0 Å². The van der Waals surface area contributed by atoms with Crippen molar-refractivity contribution in [3.05, 3.63) is 11.1 Å². The molecule has 0 saturated heterocycles. The minimum Gasteiger partial charge on any atom is -0.118 e. The highest BCUT2D eigenvalue weighted by molar-refractivity contribution is 6.28. The van der Waals surface area contributed by atoms with Crippen molar-refractivity contribution in [1.29, 1.82) is 0 Å². The van der Waals surface area contributed by atoms with Gasteiger partial charge in [-0.25, -0.2) is 0 Å². The second kappa shape index (κ2) is 3.48. The summed E-state index contributed by atoms with van der Waals surface area (Å²) in [6, 6.07) is 0. The summed E-state index contributed by atoms with van der Waals surface area (Å²) in [5, 5.41) is 0.219. The van der Waals surface area contributed by atoms with E-state index in [0.717, 1.165) is 12.8 Å². The lowest BCUT2D eigenvalue weighted by Gasteiger charge is -2.18. The smallest absolute Gasteiger partial charge is 0.0556 e. The van der Waals surface area contributed by atoms with Gasteiger partial charge >= 0.3 is 0 Å². The zero-order chi connectivity index (χ0) is 6.69. The lowest BCUT2D eigenvalue weighted by Crippen LogP contribution is -2.08. The molecule has 52 valence electrons. The number of hydrogen-bond donors (Lipinski definition) is 0. The van der Waals surface area contributed by atoms with Gasteiger partial charge in [0.05, 0.1) is 5.38 Å². The Labute approximate surface area is 65.8 Å². The lowest BCUT2D eigenvalue weighted by molar-refractivity contribution is 0.605. The van der Waals surface area contributed by atoms with E-state index in [4.69, 9.17) is 23.2 Å². The molecule has 0 spiro atoms. The highest BCUT2D eigenvalue weighted by atomic mass is 35.5. The molecule has 0 radical (unpaired) electrons. The van der Waals surface area contributed by atoms with Crippen LogP contribution in [0, 0.1) is 0 Å². The van der Waals surface area contributed by atoms with Crippen LogP contribution in [0.4, 0.5) is 0 Å². The summed E-state index contributed by atoms with van der Waals surface area (Å²) in [6.45, 7) is 0. The van der Waals surface area contributed by atoms with Crippen LogP contribution in [0.2, 0.25) is 0 Å². The third-order valence-corrected chi connectivity index (χ3v) is 2.49. The van der Waals surface area contributed by atoms with Gasteiger partial charge < -0.3 is 0 Å². The fourth-order valence-electron chi connectivity index (χ4n) is 1.12. The number of hydrogen-bond acceptors (Lipinski definition) is 0. The Morgan fingerprint density at radius 1 is 1.44 bits per heavy atom. The lowest BCUT2D eigenvalue weighted by atomic mass is 9.96. The van der Waals surface area contributed by atoms with Gasteiger partial charge in [-0.1, -0.05) is 18.0 Å². The minimum atomic E-state index is 0.219. The van der Waals surface area contributed by atoms with E-state index in [2.05, 4.69) is 0 Å². The molecular weight excluding hydrogens is 155 g/mol. The van der Waals surface area contributed by atoms with E-state index in [0.29, 0.717) is 0 Å². The maximum atomic E-state index is 5.93. The molecule has 1 saturated carbocycles. The molecule has 1 aliphatic carbocycles. The molecule has 2 heteroatoms. The van der Waals surface area contributed by atoms with E-state index >= 15 is 0 Å². The Kier molecular flexibility index (Phi) is 2.87. The van der Waals surface area contributed by atoms with Crippen LogP contribution in [0.25, 0.3) is 0 Å². The SMILES string of the molecule is ClC=C1CCCCC1Cl. The molecule has 1 unspecified atom stereocenters. The molecule has 1 atom stereocenters. The maximum Gasteiger partial charge on any atom is 0.0556 e. The first-order valence-electron chi connectivity index (χ1n) is 3.28. The number of rotatable bonds is 0. The van der Waals surface area contributed by atoms with Crippen LogP contribution < -0.4 is 0 Å². The highest BCUT2D eigenvalue weighted by Gasteiger charge is 2.14. The predicted molar refractivity (Wildman–Crippen MR) is 42.0 cm³/mol. The molecule has 0 heterocycles. The van der Waals surface area contributed by atoms with Crippen molar-refractivity contribution in [2.75, 3.05) is 0 Å². The zero-order valence-corrected chi connectivity index (χ0v) is 6.75. The maximum absolute atomic E-state index is 5.93. The van der Waals surface area contributed by atoms with Gasteiger partial charge in [-0.15, -0.1) is 11.6 Å². The van der Waals surface area contributed by atoms with E-state index in [1.807, 2.05) is 0 Å². The second-order valence-electron chi connectivity index (χ2n) is 2.40. The Morgan fingerprint density at radius 2 is 2.22 bits per heavy atom. The molecule has 0 nitrogen and oxygen atoms in total. The van der Waals surface area contributed by atoms with E-state index in [1.54, 1.807) is 5.54 Å². The van der Waals surface area contributed by atoms with E-state index < -0.39 is 0 Å². The van der Waals surface area contributed by atoms with Gasteiger partial charge in [0.1, 0.15) is 0 Å². The van der Waals surface area contributed by atoms with Gasteiger partial charge in [0.15, 0.2) is 0 Å². The topological polar surface area (TPSA) is 0 Å². The molecule has 1 rings (SSSR count). The Bertz CT molecular complexity index is 118. The van der Waals surface area contributed by atoms with Crippen molar-refractivity contribution in [2.24, 2.45) is 0 Å². The van der Waals surface area contributed by atoms with Crippen molar-refractivity contribution >= 4 is 23.2 Å². The van der Waals surface area contributed by atoms with Gasteiger partial charge in [-0.05, 0) is 24.8 Å². The van der Waals surface area contributed by atoms with Gasteiger partial charge in [-0.2, -0.15) is 0 Å². The van der Waals surface area contributed by atoms with Gasteiger partial charge in [-0.3, -0.25) is 0 Å². The van der Waals surface area contributed by atoms with Gasteiger partial charge in [0.2, 0.25) is 0 Å². The minimum absolute atomic E-state index is 0.219. The van der Waals surface area contributed by atoms with Crippen LogP contribution in [-0.4, -0.2) is 5.38 Å². The second-order valence-corrected chi connectivity index (χ2v) is 3.14. The first-order valence-corrected chi connectivity index (χ1v) is 4.15. The summed E-state index contributed by atoms with van der Waals surface area (Å²) in [7, 11) is 0. The van der Waals surface area contributed by atoms with Crippen LogP contribution in [0.5, 0.6) is 0 Å². The van der Waals surface area contributed by atoms with Gasteiger partial charge in [0, 0.05) is 5.54 Å². The van der Waals surface area contributed by atoms with Crippen LogP contribution >= 0.6 is 23.2 Å². The summed E-state index contributed by atoms with van der Waals surface area (Å²) in [5.41, 5.74) is 2.85. The quantitative estimate of drug-likeness (QED) is 0.483. The normalized spacial score (nSPS) is 33.1. The van der Waals surface area contributed by atoms with Crippen molar-refractivity contribution in [3.8, 4) is 0 Å². The van der Waals surface area contributed by atoms with Crippen LogP contribution in [0.1, 0.15) is 25.7 Å². The zero-order valence-electron chi connectivity index (χ0n) is 5.24. The highest BCUT2D eigenvalue weighted by Crippen LogP contribution is 2.27. The molecule has 0 aromatic rings. The van der Waals surface area contributed by atoms with Crippen molar-refractivity contribution in [2.45, 2.75) is 31.1 Å². The summed E-state index contributed by atoms with van der Waals surface area (Å²) in [4.78, 5) is 0. The third kappa shape index (κ3) is 1.87. The van der Waals surface area contributed by atoms with Crippen molar-refractivity contribution in [3.63, 3.8) is 0 Å². The molecule has 0 aromatic carbocycles. The summed E-state index contributed by atoms with van der Waals surface area (Å²) < 4.78 is 0. The molecule has 0 bridgehead atoms. The van der Waals surface area contributed by atoms with Crippen LogP contribution in [-0.2, 0) is 0 Å². The van der Waals surface area contributed by atoms with Crippen molar-refractivity contribution in [1.82, 2.24) is 0 Å². The largest absolute Gasteiger partial charge is 0.118 e. The fourth-order valence-corrected chi connectivity index (χ4v) is 1.77. The van der Waals surface area contributed by atoms with Crippen LogP contribution in [0.15, 0.2) is 11.1 Å². The molecule has 0 aromatic heterocycles. The molecule has 0 N–H and O–H groups in total.